The number of hydrogen-bond donors (Lipinski definition) is 1. The summed E-state index contributed by atoms with van der Waals surface area (Å²) in [6, 6.07) is 0. The molecule has 0 aromatic carbocycles. The molecule has 20 heavy (non-hydrogen) atoms. The number of esters is 2. The van der Waals surface area contributed by atoms with Crippen LogP contribution in [0.3, 0.4) is 0 Å². The van der Waals surface area contributed by atoms with Gasteiger partial charge in [-0.25, -0.2) is 0 Å². The van der Waals surface area contributed by atoms with Crippen LogP contribution in [0.4, 0.5) is 0 Å². The zero-order chi connectivity index (χ0) is 15.8. The molecule has 0 aromatic heterocycles. The Hall–Kier alpha value is -1.39. The van der Waals surface area contributed by atoms with Gasteiger partial charge in [0.2, 0.25) is 0 Å². The van der Waals surface area contributed by atoms with Gasteiger partial charge in [0.1, 0.15) is 0 Å². The Morgan fingerprint density at radius 2 is 1.10 bits per heavy atom. The van der Waals surface area contributed by atoms with Crippen molar-refractivity contribution in [2.24, 2.45) is 0 Å². The number of rotatable bonds is 9. The Kier molecular flexibility index (Phi) is 16.4. The molecule has 0 saturated heterocycles. The van der Waals surface area contributed by atoms with Crippen LogP contribution in [0.15, 0.2) is 0 Å². The van der Waals surface area contributed by atoms with E-state index in [4.69, 9.17) is 5.11 Å². The highest BCUT2D eigenvalue weighted by Gasteiger charge is 2.08. The van der Waals surface area contributed by atoms with Crippen molar-refractivity contribution >= 4 is 17.9 Å². The zero-order valence-electron chi connectivity index (χ0n) is 12.9. The molecule has 0 rings (SSSR count). The summed E-state index contributed by atoms with van der Waals surface area (Å²) < 4.78 is 4.58. The Balaban J connectivity index is 0. The van der Waals surface area contributed by atoms with Crippen molar-refractivity contribution < 1.29 is 24.2 Å². The van der Waals surface area contributed by atoms with E-state index in [1.807, 2.05) is 20.8 Å². The first-order valence-electron chi connectivity index (χ1n) is 7.43. The lowest BCUT2D eigenvalue weighted by atomic mass is 10.2. The SMILES string of the molecule is CCCCC(=O)O.CCCCC(=O)OC(=O)CCCC. The minimum absolute atomic E-state index is 0.316. The maximum Gasteiger partial charge on any atom is 0.313 e. The van der Waals surface area contributed by atoms with Crippen molar-refractivity contribution in [3.05, 3.63) is 0 Å². The highest BCUT2D eigenvalue weighted by molar-refractivity contribution is 5.85. The first-order valence-corrected chi connectivity index (χ1v) is 7.43. The number of ether oxygens (including phenoxy) is 1. The normalized spacial score (nSPS) is 9.35. The summed E-state index contributed by atoms with van der Waals surface area (Å²) >= 11 is 0. The highest BCUT2D eigenvalue weighted by Crippen LogP contribution is 2.00. The van der Waals surface area contributed by atoms with Crippen molar-refractivity contribution in [2.75, 3.05) is 0 Å². The second-order valence-corrected chi connectivity index (χ2v) is 4.55. The summed E-state index contributed by atoms with van der Waals surface area (Å²) in [5.74, 6) is -1.47. The fourth-order valence-electron chi connectivity index (χ4n) is 1.20. The van der Waals surface area contributed by atoms with Crippen molar-refractivity contribution in [2.45, 2.75) is 78.6 Å². The molecule has 0 amide bonds. The van der Waals surface area contributed by atoms with E-state index < -0.39 is 5.97 Å². The molecule has 0 unspecified atom stereocenters. The summed E-state index contributed by atoms with van der Waals surface area (Å²) in [6.07, 6.45) is 6.26. The third kappa shape index (κ3) is 19.0. The molecule has 5 heteroatoms. The van der Waals surface area contributed by atoms with Crippen LogP contribution in [0, 0.1) is 0 Å². The van der Waals surface area contributed by atoms with Gasteiger partial charge in [0.15, 0.2) is 0 Å². The van der Waals surface area contributed by atoms with E-state index in [2.05, 4.69) is 4.74 Å². The van der Waals surface area contributed by atoms with Crippen LogP contribution in [-0.2, 0) is 19.1 Å². The average Bonchev–Trinajstić information content (AvgIpc) is 2.41. The summed E-state index contributed by atoms with van der Waals surface area (Å²) in [6.45, 7) is 5.96. The lowest BCUT2D eigenvalue weighted by Crippen LogP contribution is -2.11. The molecular formula is C15H28O5. The van der Waals surface area contributed by atoms with E-state index in [-0.39, 0.29) is 11.9 Å². The van der Waals surface area contributed by atoms with Crippen molar-refractivity contribution in [1.29, 1.82) is 0 Å². The van der Waals surface area contributed by atoms with Crippen LogP contribution < -0.4 is 0 Å². The van der Waals surface area contributed by atoms with Crippen LogP contribution in [-0.4, -0.2) is 23.0 Å². The van der Waals surface area contributed by atoms with Gasteiger partial charge in [-0.3, -0.25) is 14.4 Å². The molecule has 0 bridgehead atoms. The van der Waals surface area contributed by atoms with Gasteiger partial charge in [-0.2, -0.15) is 0 Å². The topological polar surface area (TPSA) is 80.7 Å². The van der Waals surface area contributed by atoms with Crippen LogP contribution in [0.2, 0.25) is 0 Å². The maximum atomic E-state index is 10.9. The standard InChI is InChI=1S/C10H18O3.C5H10O2/c1-3-5-7-9(11)13-10(12)8-6-4-2;1-2-3-4-5(6)7/h3-8H2,1-2H3;2-4H2,1H3,(H,6,7). The molecule has 0 spiro atoms. The average molecular weight is 288 g/mol. The third-order valence-corrected chi connectivity index (χ3v) is 2.44. The van der Waals surface area contributed by atoms with Crippen LogP contribution in [0.25, 0.3) is 0 Å². The largest absolute Gasteiger partial charge is 0.481 e. The van der Waals surface area contributed by atoms with E-state index in [9.17, 15) is 14.4 Å². The lowest BCUT2D eigenvalue weighted by Gasteiger charge is -2.00. The fourth-order valence-corrected chi connectivity index (χ4v) is 1.20. The molecule has 0 aromatic rings. The Bertz CT molecular complexity index is 255. The van der Waals surface area contributed by atoms with Gasteiger partial charge >= 0.3 is 17.9 Å². The van der Waals surface area contributed by atoms with Gasteiger partial charge in [-0.15, -0.1) is 0 Å². The fraction of sp³-hybridized carbons (Fsp3) is 0.800. The molecule has 5 nitrogen and oxygen atoms in total. The summed E-state index contributed by atoms with van der Waals surface area (Å²) in [5.41, 5.74) is 0. The number of unbranched alkanes of at least 4 members (excludes halogenated alkanes) is 3. The second kappa shape index (κ2) is 15.7. The number of hydrogen-bond acceptors (Lipinski definition) is 4. The number of carboxylic acids is 1. The Morgan fingerprint density at radius 3 is 1.35 bits per heavy atom. The molecule has 1 N–H and O–H groups in total. The van der Waals surface area contributed by atoms with Gasteiger partial charge in [-0.05, 0) is 19.3 Å². The van der Waals surface area contributed by atoms with E-state index in [1.165, 1.54) is 0 Å². The summed E-state index contributed by atoms with van der Waals surface area (Å²) in [5, 5.41) is 8.04. The minimum Gasteiger partial charge on any atom is -0.481 e. The van der Waals surface area contributed by atoms with E-state index in [0.29, 0.717) is 19.3 Å². The van der Waals surface area contributed by atoms with Gasteiger partial charge in [0.25, 0.3) is 0 Å². The third-order valence-electron chi connectivity index (χ3n) is 2.44. The predicted molar refractivity (Wildman–Crippen MR) is 77.3 cm³/mol. The Labute approximate surface area is 121 Å². The van der Waals surface area contributed by atoms with Gasteiger partial charge in [-0.1, -0.05) is 40.0 Å². The molecule has 0 aliphatic carbocycles. The molecule has 0 aliphatic rings. The maximum absolute atomic E-state index is 10.9. The number of carbonyl (C=O) groups is 3. The highest BCUT2D eigenvalue weighted by atomic mass is 16.6. The first kappa shape index (κ1) is 20.9. The minimum atomic E-state index is -0.693. The van der Waals surface area contributed by atoms with Crippen molar-refractivity contribution in [3.63, 3.8) is 0 Å². The zero-order valence-corrected chi connectivity index (χ0v) is 12.9. The van der Waals surface area contributed by atoms with Crippen LogP contribution >= 0.6 is 0 Å². The molecule has 0 fully saturated rings. The van der Waals surface area contributed by atoms with E-state index >= 15 is 0 Å². The van der Waals surface area contributed by atoms with Crippen molar-refractivity contribution in [3.8, 4) is 0 Å². The quantitative estimate of drug-likeness (QED) is 0.517. The van der Waals surface area contributed by atoms with E-state index in [1.54, 1.807) is 0 Å². The predicted octanol–water partition coefficient (Wildman–Crippen LogP) is 3.70. The summed E-state index contributed by atoms with van der Waals surface area (Å²) in [7, 11) is 0. The number of carboxylic acid groups (broad SMARTS) is 1. The summed E-state index contributed by atoms with van der Waals surface area (Å²) in [4.78, 5) is 31.6. The second-order valence-electron chi connectivity index (χ2n) is 4.55. The van der Waals surface area contributed by atoms with Gasteiger partial charge in [0.05, 0.1) is 0 Å². The van der Waals surface area contributed by atoms with E-state index in [0.717, 1.165) is 38.5 Å². The monoisotopic (exact) mass is 288 g/mol. The van der Waals surface area contributed by atoms with Gasteiger partial charge < -0.3 is 9.84 Å². The van der Waals surface area contributed by atoms with Crippen LogP contribution in [0.5, 0.6) is 0 Å². The first-order chi connectivity index (χ1) is 9.47. The number of carbonyl (C=O) groups excluding carboxylic acids is 2. The molecule has 0 radical (unpaired) electrons. The smallest absolute Gasteiger partial charge is 0.313 e. The molecule has 0 atom stereocenters. The molecule has 0 aliphatic heterocycles. The molecule has 118 valence electrons. The molecule has 0 heterocycles. The van der Waals surface area contributed by atoms with Crippen LogP contribution in [0.1, 0.15) is 78.6 Å². The van der Waals surface area contributed by atoms with Crippen molar-refractivity contribution in [1.82, 2.24) is 0 Å². The number of aliphatic carboxylic acids is 1. The lowest BCUT2D eigenvalue weighted by molar-refractivity contribution is -0.159. The molecular weight excluding hydrogens is 260 g/mol. The Morgan fingerprint density at radius 1 is 0.750 bits per heavy atom. The van der Waals surface area contributed by atoms with Gasteiger partial charge in [0, 0.05) is 19.3 Å². The molecule has 0 saturated carbocycles.